The molecule has 4 aromatic rings. The van der Waals surface area contributed by atoms with Crippen molar-refractivity contribution >= 4 is 26.6 Å². The van der Waals surface area contributed by atoms with E-state index in [-0.39, 0.29) is 12.4 Å². The normalized spacial score (nSPS) is 12.3. The van der Waals surface area contributed by atoms with Crippen LogP contribution < -0.4 is 10.0 Å². The number of benzene rings is 3. The van der Waals surface area contributed by atoms with Gasteiger partial charge in [-0.1, -0.05) is 23.8 Å². The fraction of sp³-hybridized carbons (Fsp3) is 0.269. The van der Waals surface area contributed by atoms with Crippen LogP contribution in [-0.4, -0.2) is 30.7 Å². The van der Waals surface area contributed by atoms with Gasteiger partial charge in [-0.25, -0.2) is 17.5 Å². The van der Waals surface area contributed by atoms with E-state index >= 15 is 0 Å². The first-order valence-corrected chi connectivity index (χ1v) is 12.5. The summed E-state index contributed by atoms with van der Waals surface area (Å²) < 4.78 is 42.5. The van der Waals surface area contributed by atoms with Crippen LogP contribution in [0.25, 0.3) is 22.2 Å². The Morgan fingerprint density at radius 1 is 1.00 bits per heavy atom. The van der Waals surface area contributed by atoms with Gasteiger partial charge in [-0.15, -0.1) is 0 Å². The van der Waals surface area contributed by atoms with Crippen LogP contribution in [0.4, 0.5) is 10.1 Å². The number of fused-ring (bicyclic) bond motifs is 1. The highest BCUT2D eigenvalue weighted by atomic mass is 32.2. The molecule has 0 saturated heterocycles. The van der Waals surface area contributed by atoms with E-state index in [2.05, 4.69) is 20.2 Å². The molecule has 0 bridgehead atoms. The first-order chi connectivity index (χ1) is 16.0. The van der Waals surface area contributed by atoms with Gasteiger partial charge in [0.1, 0.15) is 11.5 Å². The third-order valence-electron chi connectivity index (χ3n) is 5.76. The fourth-order valence-corrected chi connectivity index (χ4v) is 6.00. The Morgan fingerprint density at radius 2 is 1.65 bits per heavy atom. The molecule has 8 heteroatoms. The molecule has 0 fully saturated rings. The Bertz CT molecular complexity index is 1440. The number of hydrogen-bond acceptors (Lipinski definition) is 4. The third-order valence-corrected chi connectivity index (χ3v) is 7.46. The predicted octanol–water partition coefficient (Wildman–Crippen LogP) is 5.46. The lowest BCUT2D eigenvalue weighted by Gasteiger charge is -2.28. The number of aromatic nitrogens is 2. The Kier molecular flexibility index (Phi) is 6.22. The van der Waals surface area contributed by atoms with E-state index in [9.17, 15) is 12.8 Å². The van der Waals surface area contributed by atoms with Crippen molar-refractivity contribution in [2.75, 3.05) is 11.9 Å². The average molecular weight is 481 g/mol. The van der Waals surface area contributed by atoms with Gasteiger partial charge in [0.25, 0.3) is 0 Å². The number of nitrogens with zero attached hydrogens (tertiary/aromatic N) is 1. The van der Waals surface area contributed by atoms with Gasteiger partial charge in [-0.05, 0) is 82.1 Å². The van der Waals surface area contributed by atoms with Crippen molar-refractivity contribution in [3.63, 3.8) is 0 Å². The highest BCUT2D eigenvalue weighted by Gasteiger charge is 2.26. The standard InChI is InChI=1S/C26H29FN4O2S/c1-16-13-17(2)25(18(3)14-16)34(32,33)28-15-26(4,5)29-21-7-6-8-22-23(21)24(31-30-22)19-9-11-20(27)12-10-19/h6-14,28-29H,15H2,1-5H3,(H,30,31). The third kappa shape index (κ3) is 4.83. The second kappa shape index (κ2) is 8.85. The highest BCUT2D eigenvalue weighted by molar-refractivity contribution is 7.89. The maximum Gasteiger partial charge on any atom is 0.241 e. The molecule has 3 aromatic carbocycles. The van der Waals surface area contributed by atoms with Crippen molar-refractivity contribution in [2.45, 2.75) is 45.1 Å². The number of H-pyrrole nitrogens is 1. The minimum absolute atomic E-state index is 0.169. The van der Waals surface area contributed by atoms with Crippen molar-refractivity contribution in [1.82, 2.24) is 14.9 Å². The quantitative estimate of drug-likeness (QED) is 0.328. The molecule has 4 rings (SSSR count). The van der Waals surface area contributed by atoms with Crippen molar-refractivity contribution in [2.24, 2.45) is 0 Å². The van der Waals surface area contributed by atoms with E-state index in [0.717, 1.165) is 38.8 Å². The van der Waals surface area contributed by atoms with Crippen LogP contribution in [0.1, 0.15) is 30.5 Å². The number of sulfonamides is 1. The Balaban J connectivity index is 1.61. The topological polar surface area (TPSA) is 86.9 Å². The molecule has 34 heavy (non-hydrogen) atoms. The number of rotatable bonds is 7. The van der Waals surface area contributed by atoms with Crippen molar-refractivity contribution < 1.29 is 12.8 Å². The van der Waals surface area contributed by atoms with E-state index in [1.807, 2.05) is 65.0 Å². The number of halogens is 1. The minimum Gasteiger partial charge on any atom is -0.378 e. The van der Waals surface area contributed by atoms with Crippen molar-refractivity contribution in [3.8, 4) is 11.3 Å². The largest absolute Gasteiger partial charge is 0.378 e. The molecule has 1 heterocycles. The zero-order chi connectivity index (χ0) is 24.7. The lowest BCUT2D eigenvalue weighted by atomic mass is 10.0. The monoisotopic (exact) mass is 480 g/mol. The molecule has 0 atom stereocenters. The predicted molar refractivity (Wildman–Crippen MR) is 135 cm³/mol. The molecule has 1 aromatic heterocycles. The second-order valence-corrected chi connectivity index (χ2v) is 11.1. The second-order valence-electron chi connectivity index (χ2n) is 9.37. The summed E-state index contributed by atoms with van der Waals surface area (Å²) in [6, 6.07) is 15.7. The first kappa shape index (κ1) is 23.9. The molecule has 178 valence electrons. The van der Waals surface area contributed by atoms with Crippen LogP contribution in [0.5, 0.6) is 0 Å². The molecule has 0 spiro atoms. The van der Waals surface area contributed by atoms with Gasteiger partial charge in [0.15, 0.2) is 0 Å². The summed E-state index contributed by atoms with van der Waals surface area (Å²) in [5.74, 6) is -0.311. The molecule has 0 aliphatic rings. The average Bonchev–Trinajstić information content (AvgIpc) is 3.17. The van der Waals surface area contributed by atoms with E-state index in [4.69, 9.17) is 0 Å². The zero-order valence-electron chi connectivity index (χ0n) is 20.0. The van der Waals surface area contributed by atoms with Crippen molar-refractivity contribution in [1.29, 1.82) is 0 Å². The lowest BCUT2D eigenvalue weighted by molar-refractivity contribution is 0.529. The molecule has 0 amide bonds. The number of aromatic amines is 1. The molecule has 0 aliphatic heterocycles. The Morgan fingerprint density at radius 3 is 2.29 bits per heavy atom. The van der Waals surface area contributed by atoms with Gasteiger partial charge < -0.3 is 5.32 Å². The molecule has 0 saturated carbocycles. The number of anilines is 1. The van der Waals surface area contributed by atoms with Crippen molar-refractivity contribution in [3.05, 3.63) is 77.1 Å². The van der Waals surface area contributed by atoms with E-state index in [1.54, 1.807) is 12.1 Å². The van der Waals surface area contributed by atoms with Crippen LogP contribution in [0, 0.1) is 26.6 Å². The van der Waals surface area contributed by atoms with Gasteiger partial charge in [0.2, 0.25) is 10.0 Å². The zero-order valence-corrected chi connectivity index (χ0v) is 20.8. The molecule has 3 N–H and O–H groups in total. The van der Waals surface area contributed by atoms with Crippen LogP contribution in [0.2, 0.25) is 0 Å². The van der Waals surface area contributed by atoms with Gasteiger partial charge >= 0.3 is 0 Å². The van der Waals surface area contributed by atoms with Crippen LogP contribution >= 0.6 is 0 Å². The molecule has 6 nitrogen and oxygen atoms in total. The SMILES string of the molecule is Cc1cc(C)c(S(=O)(=O)NCC(C)(C)Nc2cccc3[nH]nc(-c4ccc(F)cc4)c23)c(C)c1. The maximum atomic E-state index is 13.4. The van der Waals surface area contributed by atoms with Gasteiger partial charge in [0.05, 0.1) is 15.8 Å². The van der Waals surface area contributed by atoms with E-state index < -0.39 is 15.6 Å². The molecule has 0 radical (unpaired) electrons. The fourth-order valence-electron chi connectivity index (χ4n) is 4.34. The number of nitrogens with one attached hydrogen (secondary N) is 3. The summed E-state index contributed by atoms with van der Waals surface area (Å²) in [6.07, 6.45) is 0. The Hall–Kier alpha value is -3.23. The summed E-state index contributed by atoms with van der Waals surface area (Å²) in [7, 11) is -3.69. The number of hydrogen-bond donors (Lipinski definition) is 3. The highest BCUT2D eigenvalue weighted by Crippen LogP contribution is 2.33. The van der Waals surface area contributed by atoms with Gasteiger partial charge in [-0.2, -0.15) is 5.10 Å². The summed E-state index contributed by atoms with van der Waals surface area (Å²) in [5.41, 5.74) is 4.97. The maximum absolute atomic E-state index is 13.4. The summed E-state index contributed by atoms with van der Waals surface area (Å²) >= 11 is 0. The Labute approximate surface area is 199 Å². The summed E-state index contributed by atoms with van der Waals surface area (Å²) in [6.45, 7) is 9.61. The van der Waals surface area contributed by atoms with Crippen LogP contribution in [0.3, 0.4) is 0 Å². The molecule has 0 aliphatic carbocycles. The first-order valence-electron chi connectivity index (χ1n) is 11.1. The van der Waals surface area contributed by atoms with Crippen LogP contribution in [0.15, 0.2) is 59.5 Å². The molecule has 0 unspecified atom stereocenters. The minimum atomic E-state index is -3.69. The smallest absolute Gasteiger partial charge is 0.241 e. The summed E-state index contributed by atoms with van der Waals surface area (Å²) in [4.78, 5) is 0.324. The summed E-state index contributed by atoms with van der Waals surface area (Å²) in [5, 5.41) is 11.8. The van der Waals surface area contributed by atoms with E-state index in [1.165, 1.54) is 12.1 Å². The van der Waals surface area contributed by atoms with Crippen LogP contribution in [-0.2, 0) is 10.0 Å². The lowest BCUT2D eigenvalue weighted by Crippen LogP contribution is -2.44. The molecular formula is C26H29FN4O2S. The van der Waals surface area contributed by atoms with Gasteiger partial charge in [-0.3, -0.25) is 5.10 Å². The molecular weight excluding hydrogens is 451 g/mol. The van der Waals surface area contributed by atoms with Gasteiger partial charge in [0, 0.05) is 23.3 Å². The van der Waals surface area contributed by atoms with E-state index in [0.29, 0.717) is 10.6 Å². The number of aryl methyl sites for hydroxylation is 3.